The Bertz CT molecular complexity index is 814. The zero-order valence-corrected chi connectivity index (χ0v) is 16.9. The van der Waals surface area contributed by atoms with Gasteiger partial charge in [-0.1, -0.05) is 0 Å². The number of carbonyl (C=O) groups excluding carboxylic acids is 1. The molecular formula is C21H26F3N3O3. The molecule has 30 heavy (non-hydrogen) atoms. The van der Waals surface area contributed by atoms with Gasteiger partial charge in [-0.3, -0.25) is 4.79 Å². The van der Waals surface area contributed by atoms with Gasteiger partial charge in [0.2, 0.25) is 5.91 Å². The number of aliphatic hydroxyl groups is 1. The van der Waals surface area contributed by atoms with E-state index in [-0.39, 0.29) is 29.4 Å². The number of likely N-dealkylation sites (tertiary alicyclic amines) is 1. The first-order chi connectivity index (χ1) is 14.2. The Labute approximate surface area is 173 Å². The molecule has 2 aliphatic heterocycles. The van der Waals surface area contributed by atoms with Crippen molar-refractivity contribution in [1.29, 1.82) is 5.26 Å². The lowest BCUT2D eigenvalue weighted by Crippen LogP contribution is -2.45. The molecule has 0 aliphatic carbocycles. The Morgan fingerprint density at radius 2 is 2.07 bits per heavy atom. The predicted molar refractivity (Wildman–Crippen MR) is 104 cm³/mol. The van der Waals surface area contributed by atoms with E-state index in [0.29, 0.717) is 57.7 Å². The van der Waals surface area contributed by atoms with Crippen LogP contribution in [0.15, 0.2) is 18.2 Å². The molecule has 2 saturated heterocycles. The van der Waals surface area contributed by atoms with Crippen molar-refractivity contribution in [3.63, 3.8) is 0 Å². The smallest absolute Gasteiger partial charge is 0.396 e. The van der Waals surface area contributed by atoms with Gasteiger partial charge in [0.05, 0.1) is 30.2 Å². The molecule has 2 fully saturated rings. The topological polar surface area (TPSA) is 76.8 Å². The van der Waals surface area contributed by atoms with Crippen LogP contribution >= 0.6 is 0 Å². The van der Waals surface area contributed by atoms with E-state index in [0.717, 1.165) is 6.07 Å². The van der Waals surface area contributed by atoms with Crippen molar-refractivity contribution in [2.75, 3.05) is 51.4 Å². The number of methoxy groups -OCH3 is 1. The van der Waals surface area contributed by atoms with E-state index < -0.39 is 11.7 Å². The molecule has 0 saturated carbocycles. The van der Waals surface area contributed by atoms with Gasteiger partial charge >= 0.3 is 6.18 Å². The van der Waals surface area contributed by atoms with Crippen LogP contribution in [0.3, 0.4) is 0 Å². The van der Waals surface area contributed by atoms with Gasteiger partial charge in [0, 0.05) is 51.5 Å². The van der Waals surface area contributed by atoms with Crippen LogP contribution < -0.4 is 4.90 Å². The number of piperidine rings is 1. The lowest BCUT2D eigenvalue weighted by molar-refractivity contribution is -0.137. The zero-order valence-electron chi connectivity index (χ0n) is 16.9. The van der Waals surface area contributed by atoms with Crippen LogP contribution in [-0.2, 0) is 15.7 Å². The van der Waals surface area contributed by atoms with Crippen molar-refractivity contribution in [2.24, 2.45) is 11.3 Å². The lowest BCUT2D eigenvalue weighted by Gasteiger charge is -2.43. The summed E-state index contributed by atoms with van der Waals surface area (Å²) < 4.78 is 44.8. The maximum Gasteiger partial charge on any atom is 0.417 e. The van der Waals surface area contributed by atoms with Crippen molar-refractivity contribution < 1.29 is 27.8 Å². The predicted octanol–water partition coefficient (Wildman–Crippen LogP) is 2.65. The summed E-state index contributed by atoms with van der Waals surface area (Å²) in [5, 5.41) is 18.9. The minimum absolute atomic E-state index is 0.00323. The Morgan fingerprint density at radius 1 is 1.37 bits per heavy atom. The average Bonchev–Trinajstić information content (AvgIpc) is 3.09. The fourth-order valence-corrected chi connectivity index (χ4v) is 4.66. The van der Waals surface area contributed by atoms with Crippen molar-refractivity contribution >= 4 is 11.6 Å². The number of carbonyl (C=O) groups is 1. The molecule has 0 bridgehead atoms. The Balaban J connectivity index is 1.72. The lowest BCUT2D eigenvalue weighted by atomic mass is 9.71. The molecule has 1 spiro atoms. The molecule has 1 atom stereocenters. The van der Waals surface area contributed by atoms with Crippen LogP contribution in [0.1, 0.15) is 30.4 Å². The second-order valence-electron chi connectivity index (χ2n) is 8.09. The van der Waals surface area contributed by atoms with Crippen molar-refractivity contribution in [3.05, 3.63) is 29.3 Å². The number of rotatable bonds is 5. The van der Waals surface area contributed by atoms with Gasteiger partial charge in [-0.05, 0) is 36.5 Å². The van der Waals surface area contributed by atoms with Gasteiger partial charge in [-0.25, -0.2) is 0 Å². The summed E-state index contributed by atoms with van der Waals surface area (Å²) in [5.74, 6) is -0.0469. The van der Waals surface area contributed by atoms with E-state index in [1.54, 1.807) is 24.1 Å². The van der Waals surface area contributed by atoms with Crippen LogP contribution in [0.25, 0.3) is 0 Å². The first-order valence-electron chi connectivity index (χ1n) is 9.98. The van der Waals surface area contributed by atoms with Gasteiger partial charge in [0.1, 0.15) is 0 Å². The Morgan fingerprint density at radius 3 is 2.63 bits per heavy atom. The summed E-state index contributed by atoms with van der Waals surface area (Å²) in [6, 6.07) is 5.40. The van der Waals surface area contributed by atoms with Crippen LogP contribution in [0, 0.1) is 22.7 Å². The molecule has 2 heterocycles. The maximum absolute atomic E-state index is 13.3. The molecule has 1 unspecified atom stereocenters. The summed E-state index contributed by atoms with van der Waals surface area (Å²) in [7, 11) is 1.54. The van der Waals surface area contributed by atoms with Crippen LogP contribution in [0.4, 0.5) is 18.9 Å². The molecular weight excluding hydrogens is 399 g/mol. The molecule has 164 valence electrons. The molecule has 6 nitrogen and oxygen atoms in total. The van der Waals surface area contributed by atoms with Crippen LogP contribution in [-0.4, -0.2) is 62.4 Å². The normalized spacial score (nSPS) is 21.1. The van der Waals surface area contributed by atoms with E-state index in [2.05, 4.69) is 0 Å². The number of benzene rings is 1. The Hall–Kier alpha value is -2.31. The summed E-state index contributed by atoms with van der Waals surface area (Å²) in [6.45, 7) is 2.42. The number of hydrogen-bond donors (Lipinski definition) is 1. The molecule has 2 aliphatic rings. The summed E-state index contributed by atoms with van der Waals surface area (Å²) in [4.78, 5) is 16.0. The van der Waals surface area contributed by atoms with E-state index in [4.69, 9.17) is 10.00 Å². The van der Waals surface area contributed by atoms with Crippen LogP contribution in [0.2, 0.25) is 0 Å². The molecule has 9 heteroatoms. The first-order valence-corrected chi connectivity index (χ1v) is 9.98. The quantitative estimate of drug-likeness (QED) is 0.785. The molecule has 0 aromatic heterocycles. The molecule has 1 aromatic carbocycles. The van der Waals surface area contributed by atoms with E-state index in [9.17, 15) is 23.1 Å². The minimum atomic E-state index is -4.59. The number of anilines is 1. The summed E-state index contributed by atoms with van der Waals surface area (Å²) in [5.41, 5.74) is -1.11. The number of hydrogen-bond acceptors (Lipinski definition) is 5. The van der Waals surface area contributed by atoms with Crippen molar-refractivity contribution in [3.8, 4) is 6.07 Å². The zero-order chi connectivity index (χ0) is 21.9. The molecule has 1 N–H and O–H groups in total. The third kappa shape index (κ3) is 4.40. The second kappa shape index (κ2) is 8.82. The fraction of sp³-hybridized carbons (Fsp3) is 0.619. The molecule has 1 aromatic rings. The van der Waals surface area contributed by atoms with Gasteiger partial charge in [0.15, 0.2) is 0 Å². The average molecular weight is 425 g/mol. The highest BCUT2D eigenvalue weighted by atomic mass is 19.4. The minimum Gasteiger partial charge on any atom is -0.396 e. The number of amides is 1. The molecule has 3 rings (SSSR count). The first kappa shape index (κ1) is 22.4. The van der Waals surface area contributed by atoms with Gasteiger partial charge in [0.25, 0.3) is 0 Å². The standard InChI is InChI=1S/C21H26F3N3O3/c1-30-9-4-19(29)27-12-16(13-28)20(14-27)5-7-26(8-6-20)17-3-2-15(11-25)18(10-17)21(22,23)24/h2-3,10,16,28H,4-9,12-14H2,1H3. The third-order valence-electron chi connectivity index (χ3n) is 6.46. The number of ether oxygens (including phenoxy) is 1. The number of nitriles is 1. The van der Waals surface area contributed by atoms with Gasteiger partial charge in [-0.15, -0.1) is 0 Å². The van der Waals surface area contributed by atoms with E-state index >= 15 is 0 Å². The SMILES string of the molecule is COCCC(=O)N1CC(CO)C2(CCN(c3ccc(C#N)c(C(F)(F)F)c3)CC2)C1. The van der Waals surface area contributed by atoms with Gasteiger partial charge in [-0.2, -0.15) is 18.4 Å². The maximum atomic E-state index is 13.3. The number of nitrogens with zero attached hydrogens (tertiary/aromatic N) is 3. The van der Waals surface area contributed by atoms with E-state index in [1.165, 1.54) is 6.07 Å². The van der Waals surface area contributed by atoms with Crippen molar-refractivity contribution in [1.82, 2.24) is 4.90 Å². The second-order valence-corrected chi connectivity index (χ2v) is 8.09. The monoisotopic (exact) mass is 425 g/mol. The van der Waals surface area contributed by atoms with E-state index in [1.807, 2.05) is 4.90 Å². The third-order valence-corrected chi connectivity index (χ3v) is 6.46. The number of halogens is 3. The molecule has 1 amide bonds. The molecule has 0 radical (unpaired) electrons. The largest absolute Gasteiger partial charge is 0.417 e. The summed E-state index contributed by atoms with van der Waals surface area (Å²) >= 11 is 0. The number of aliphatic hydroxyl groups excluding tert-OH is 1. The Kier molecular flexibility index (Phi) is 6.58. The highest BCUT2D eigenvalue weighted by Crippen LogP contribution is 2.45. The highest BCUT2D eigenvalue weighted by Gasteiger charge is 2.48. The van der Waals surface area contributed by atoms with Gasteiger partial charge < -0.3 is 19.6 Å². The fourth-order valence-electron chi connectivity index (χ4n) is 4.66. The summed E-state index contributed by atoms with van der Waals surface area (Å²) in [6.07, 6.45) is -2.95. The van der Waals surface area contributed by atoms with Crippen LogP contribution in [0.5, 0.6) is 0 Å². The number of alkyl halides is 3. The highest BCUT2D eigenvalue weighted by molar-refractivity contribution is 5.76. The van der Waals surface area contributed by atoms with Crippen molar-refractivity contribution in [2.45, 2.75) is 25.4 Å².